The smallest absolute Gasteiger partial charge is 0.276 e. The van der Waals surface area contributed by atoms with Crippen LogP contribution in [-0.4, -0.2) is 23.5 Å². The molecule has 148 valence electrons. The Morgan fingerprint density at radius 1 is 1.07 bits per heavy atom. The predicted molar refractivity (Wildman–Crippen MR) is 113 cm³/mol. The van der Waals surface area contributed by atoms with Crippen LogP contribution in [0.4, 0.5) is 0 Å². The number of benzene rings is 2. The summed E-state index contributed by atoms with van der Waals surface area (Å²) in [5.41, 5.74) is 7.51. The lowest BCUT2D eigenvalue weighted by atomic mass is 9.98. The number of ether oxygens (including phenoxy) is 1. The lowest BCUT2D eigenvalue weighted by Gasteiger charge is -2.16. The van der Waals surface area contributed by atoms with Crippen molar-refractivity contribution in [2.75, 3.05) is 6.61 Å². The fourth-order valence-corrected chi connectivity index (χ4v) is 2.60. The highest BCUT2D eigenvalue weighted by atomic mass is 32.1. The molecule has 1 atom stereocenters. The van der Waals surface area contributed by atoms with Gasteiger partial charge in [0.1, 0.15) is 5.75 Å². The van der Waals surface area contributed by atoms with E-state index in [-0.39, 0.29) is 17.6 Å². The average molecular weight is 400 g/mol. The quantitative estimate of drug-likeness (QED) is 0.513. The first-order valence-electron chi connectivity index (χ1n) is 9.09. The van der Waals surface area contributed by atoms with Crippen molar-refractivity contribution in [3.8, 4) is 5.75 Å². The first-order chi connectivity index (χ1) is 13.4. The standard InChI is InChI=1S/C21H25N3O3S/c1-4-15(3)17-7-5-6-8-18(17)27-13-19(25)23-24-21(28)22-20(26)16-11-9-14(2)10-12-16/h5-12,15H,4,13H2,1-3H3,(H,23,25)(H2,22,24,26,28). The highest BCUT2D eigenvalue weighted by Crippen LogP contribution is 2.28. The van der Waals surface area contributed by atoms with Crippen LogP contribution in [0.1, 0.15) is 47.7 Å². The molecule has 0 saturated carbocycles. The molecule has 2 aromatic carbocycles. The Balaban J connectivity index is 1.79. The maximum atomic E-state index is 12.1. The Bertz CT molecular complexity index is 837. The third kappa shape index (κ3) is 6.35. The number of hydrogen-bond donors (Lipinski definition) is 3. The summed E-state index contributed by atoms with van der Waals surface area (Å²) in [4.78, 5) is 24.1. The molecule has 2 amide bonds. The van der Waals surface area contributed by atoms with Crippen molar-refractivity contribution in [2.24, 2.45) is 0 Å². The molecule has 0 aliphatic carbocycles. The minimum atomic E-state index is -0.411. The Hall–Kier alpha value is -2.93. The van der Waals surface area contributed by atoms with Crippen LogP contribution in [0.5, 0.6) is 5.75 Å². The van der Waals surface area contributed by atoms with Gasteiger partial charge in [-0.2, -0.15) is 0 Å². The Morgan fingerprint density at radius 2 is 1.75 bits per heavy atom. The third-order valence-corrected chi connectivity index (χ3v) is 4.48. The maximum Gasteiger partial charge on any atom is 0.276 e. The van der Waals surface area contributed by atoms with Crippen molar-refractivity contribution >= 4 is 29.1 Å². The SMILES string of the molecule is CCC(C)c1ccccc1OCC(=O)NNC(=S)NC(=O)c1ccc(C)cc1. The second-order valence-corrected chi connectivity index (χ2v) is 6.87. The number of hydrazine groups is 1. The van der Waals surface area contributed by atoms with Crippen molar-refractivity contribution in [1.29, 1.82) is 0 Å². The lowest BCUT2D eigenvalue weighted by Crippen LogP contribution is -2.49. The number of carbonyl (C=O) groups excluding carboxylic acids is 2. The molecule has 0 bridgehead atoms. The molecule has 28 heavy (non-hydrogen) atoms. The molecule has 0 radical (unpaired) electrons. The van der Waals surface area contributed by atoms with Crippen LogP contribution in [0, 0.1) is 6.92 Å². The minimum absolute atomic E-state index is 0.000990. The van der Waals surface area contributed by atoms with Crippen LogP contribution in [0.15, 0.2) is 48.5 Å². The molecule has 1 unspecified atom stereocenters. The van der Waals surface area contributed by atoms with Crippen LogP contribution in [0.3, 0.4) is 0 Å². The van der Waals surface area contributed by atoms with Crippen molar-refractivity contribution < 1.29 is 14.3 Å². The molecule has 0 aliphatic rings. The first-order valence-corrected chi connectivity index (χ1v) is 9.50. The number of aryl methyl sites for hydroxylation is 1. The molecule has 7 heteroatoms. The number of para-hydroxylation sites is 1. The molecule has 0 aliphatic heterocycles. The lowest BCUT2D eigenvalue weighted by molar-refractivity contribution is -0.123. The van der Waals surface area contributed by atoms with E-state index >= 15 is 0 Å². The molecule has 0 heterocycles. The van der Waals surface area contributed by atoms with Gasteiger partial charge in [-0.1, -0.05) is 49.7 Å². The van der Waals surface area contributed by atoms with Gasteiger partial charge in [0.2, 0.25) is 0 Å². The molecular weight excluding hydrogens is 374 g/mol. The van der Waals surface area contributed by atoms with Gasteiger partial charge in [0, 0.05) is 5.56 Å². The van der Waals surface area contributed by atoms with E-state index in [0.717, 1.165) is 17.5 Å². The normalized spacial score (nSPS) is 11.2. The van der Waals surface area contributed by atoms with E-state index in [1.165, 1.54) is 0 Å². The van der Waals surface area contributed by atoms with Gasteiger partial charge in [0.05, 0.1) is 0 Å². The fourth-order valence-electron chi connectivity index (χ4n) is 2.46. The number of hydrogen-bond acceptors (Lipinski definition) is 4. The molecule has 0 fully saturated rings. The minimum Gasteiger partial charge on any atom is -0.483 e. The van der Waals surface area contributed by atoms with E-state index in [4.69, 9.17) is 17.0 Å². The summed E-state index contributed by atoms with van der Waals surface area (Å²) in [6.07, 6.45) is 0.975. The van der Waals surface area contributed by atoms with Gasteiger partial charge in [-0.05, 0) is 55.2 Å². The zero-order valence-electron chi connectivity index (χ0n) is 16.2. The molecule has 6 nitrogen and oxygen atoms in total. The Labute approximate surface area is 170 Å². The molecular formula is C21H25N3O3S. The predicted octanol–water partition coefficient (Wildman–Crippen LogP) is 3.22. The van der Waals surface area contributed by atoms with Gasteiger partial charge in [0.15, 0.2) is 11.7 Å². The van der Waals surface area contributed by atoms with Crippen molar-refractivity contribution in [3.05, 3.63) is 65.2 Å². The molecule has 3 N–H and O–H groups in total. The second kappa shape index (κ2) is 10.4. The van der Waals surface area contributed by atoms with Crippen LogP contribution in [0.25, 0.3) is 0 Å². The zero-order chi connectivity index (χ0) is 20.5. The monoisotopic (exact) mass is 399 g/mol. The summed E-state index contributed by atoms with van der Waals surface area (Å²) in [5, 5.41) is 2.50. The number of nitrogens with one attached hydrogen (secondary N) is 3. The van der Waals surface area contributed by atoms with E-state index in [1.807, 2.05) is 43.3 Å². The van der Waals surface area contributed by atoms with Gasteiger partial charge in [-0.15, -0.1) is 0 Å². The summed E-state index contributed by atoms with van der Waals surface area (Å²) >= 11 is 5.02. The maximum absolute atomic E-state index is 12.1. The van der Waals surface area contributed by atoms with Gasteiger partial charge in [0.25, 0.3) is 11.8 Å². The summed E-state index contributed by atoms with van der Waals surface area (Å²) in [6.45, 7) is 5.98. The molecule has 2 aromatic rings. The van der Waals surface area contributed by atoms with E-state index < -0.39 is 5.91 Å². The molecule has 0 saturated heterocycles. The van der Waals surface area contributed by atoms with Crippen LogP contribution in [-0.2, 0) is 4.79 Å². The second-order valence-electron chi connectivity index (χ2n) is 6.46. The summed E-state index contributed by atoms with van der Waals surface area (Å²) in [6, 6.07) is 14.7. The Kier molecular flexibility index (Phi) is 7.95. The summed E-state index contributed by atoms with van der Waals surface area (Å²) < 4.78 is 5.63. The number of carbonyl (C=O) groups is 2. The topological polar surface area (TPSA) is 79.5 Å². The van der Waals surface area contributed by atoms with Crippen molar-refractivity contribution in [3.63, 3.8) is 0 Å². The molecule has 2 rings (SSSR count). The van der Waals surface area contributed by atoms with E-state index in [2.05, 4.69) is 30.0 Å². The zero-order valence-corrected chi connectivity index (χ0v) is 17.1. The number of rotatable bonds is 6. The average Bonchev–Trinajstić information content (AvgIpc) is 2.70. The largest absolute Gasteiger partial charge is 0.483 e. The van der Waals surface area contributed by atoms with Crippen LogP contribution < -0.4 is 20.9 Å². The van der Waals surface area contributed by atoms with Gasteiger partial charge in [-0.25, -0.2) is 0 Å². The van der Waals surface area contributed by atoms with Crippen LogP contribution in [0.2, 0.25) is 0 Å². The first kappa shape index (κ1) is 21.4. The van der Waals surface area contributed by atoms with Crippen molar-refractivity contribution in [2.45, 2.75) is 33.1 Å². The van der Waals surface area contributed by atoms with Gasteiger partial charge >= 0.3 is 0 Å². The highest BCUT2D eigenvalue weighted by molar-refractivity contribution is 7.80. The van der Waals surface area contributed by atoms with E-state index in [0.29, 0.717) is 17.2 Å². The fraction of sp³-hybridized carbons (Fsp3) is 0.286. The molecule has 0 aromatic heterocycles. The number of thiocarbonyl (C=S) groups is 1. The van der Waals surface area contributed by atoms with Gasteiger partial charge < -0.3 is 4.74 Å². The highest BCUT2D eigenvalue weighted by Gasteiger charge is 2.12. The summed E-state index contributed by atoms with van der Waals surface area (Å²) in [5.74, 6) is 0.251. The van der Waals surface area contributed by atoms with E-state index in [1.54, 1.807) is 12.1 Å². The van der Waals surface area contributed by atoms with Gasteiger partial charge in [-0.3, -0.25) is 25.8 Å². The van der Waals surface area contributed by atoms with E-state index in [9.17, 15) is 9.59 Å². The number of amides is 2. The Morgan fingerprint density at radius 3 is 2.43 bits per heavy atom. The van der Waals surface area contributed by atoms with Crippen LogP contribution >= 0.6 is 12.2 Å². The molecule has 0 spiro atoms. The van der Waals surface area contributed by atoms with Crippen molar-refractivity contribution in [1.82, 2.24) is 16.2 Å². The summed E-state index contributed by atoms with van der Waals surface area (Å²) in [7, 11) is 0. The third-order valence-electron chi connectivity index (χ3n) is 4.28.